The lowest BCUT2D eigenvalue weighted by Gasteiger charge is -2.04. The Morgan fingerprint density at radius 2 is 1.75 bits per heavy atom. The zero-order valence-electron chi connectivity index (χ0n) is 6.56. The van der Waals surface area contributed by atoms with Crippen LogP contribution in [-0.2, 0) is 19.8 Å². The monoisotopic (exact) mass is 169 g/mol. The highest BCUT2D eigenvalue weighted by atomic mass is 16.3. The van der Waals surface area contributed by atoms with Gasteiger partial charge in [-0.05, 0) is 6.07 Å². The van der Waals surface area contributed by atoms with Gasteiger partial charge < -0.3 is 15.3 Å². The van der Waals surface area contributed by atoms with Crippen molar-refractivity contribution >= 4 is 0 Å². The van der Waals surface area contributed by atoms with E-state index in [-0.39, 0.29) is 19.8 Å². The lowest BCUT2D eigenvalue weighted by Crippen LogP contribution is -2.01. The Labute approximate surface area is 70.1 Å². The largest absolute Gasteiger partial charge is 0.392 e. The van der Waals surface area contributed by atoms with Gasteiger partial charge in [-0.2, -0.15) is 0 Å². The summed E-state index contributed by atoms with van der Waals surface area (Å²) in [6.45, 7) is -0.517. The quantitative estimate of drug-likeness (QED) is 0.573. The van der Waals surface area contributed by atoms with Crippen LogP contribution in [0.5, 0.6) is 0 Å². The molecule has 0 aliphatic carbocycles. The van der Waals surface area contributed by atoms with Gasteiger partial charge in [-0.25, -0.2) is 0 Å². The predicted molar refractivity (Wildman–Crippen MR) is 42.0 cm³/mol. The number of aliphatic hydroxyl groups excluding tert-OH is 3. The van der Waals surface area contributed by atoms with Crippen LogP contribution in [0.3, 0.4) is 0 Å². The van der Waals surface area contributed by atoms with Crippen LogP contribution in [0.2, 0.25) is 0 Å². The van der Waals surface area contributed by atoms with Crippen molar-refractivity contribution in [3.05, 3.63) is 29.1 Å². The van der Waals surface area contributed by atoms with E-state index in [4.69, 9.17) is 15.3 Å². The molecule has 4 heteroatoms. The van der Waals surface area contributed by atoms with Crippen LogP contribution in [0.25, 0.3) is 0 Å². The van der Waals surface area contributed by atoms with E-state index in [1.54, 1.807) is 12.1 Å². The highest BCUT2D eigenvalue weighted by Gasteiger charge is 2.02. The zero-order chi connectivity index (χ0) is 8.97. The molecule has 12 heavy (non-hydrogen) atoms. The van der Waals surface area contributed by atoms with Gasteiger partial charge in [0.15, 0.2) is 0 Å². The maximum atomic E-state index is 8.81. The molecular weight excluding hydrogens is 158 g/mol. The van der Waals surface area contributed by atoms with Crippen LogP contribution >= 0.6 is 0 Å². The molecule has 1 aromatic heterocycles. The van der Waals surface area contributed by atoms with E-state index >= 15 is 0 Å². The van der Waals surface area contributed by atoms with Gasteiger partial charge in [0.1, 0.15) is 0 Å². The Kier molecular flexibility index (Phi) is 3.16. The van der Waals surface area contributed by atoms with Crippen LogP contribution in [0.4, 0.5) is 0 Å². The summed E-state index contributed by atoms with van der Waals surface area (Å²) < 4.78 is 0. The van der Waals surface area contributed by atoms with Gasteiger partial charge in [0.2, 0.25) is 0 Å². The first-order valence-electron chi connectivity index (χ1n) is 3.62. The fourth-order valence-corrected chi connectivity index (χ4v) is 0.944. The number of aromatic nitrogens is 1. The van der Waals surface area contributed by atoms with E-state index in [1.807, 2.05) is 0 Å². The van der Waals surface area contributed by atoms with Gasteiger partial charge in [-0.3, -0.25) is 4.98 Å². The second-order valence-electron chi connectivity index (χ2n) is 2.38. The molecule has 0 aliphatic heterocycles. The minimum atomic E-state index is -0.219. The van der Waals surface area contributed by atoms with Crippen LogP contribution in [0.15, 0.2) is 12.1 Å². The van der Waals surface area contributed by atoms with Crippen molar-refractivity contribution in [2.45, 2.75) is 19.8 Å². The van der Waals surface area contributed by atoms with Crippen LogP contribution in [0, 0.1) is 0 Å². The minimum Gasteiger partial charge on any atom is -0.392 e. The lowest BCUT2D eigenvalue weighted by molar-refractivity contribution is 0.250. The van der Waals surface area contributed by atoms with Crippen molar-refractivity contribution < 1.29 is 15.3 Å². The Hall–Kier alpha value is -0.970. The van der Waals surface area contributed by atoms with E-state index in [0.29, 0.717) is 17.0 Å². The van der Waals surface area contributed by atoms with Gasteiger partial charge >= 0.3 is 0 Å². The van der Waals surface area contributed by atoms with E-state index < -0.39 is 0 Å². The number of hydrogen-bond acceptors (Lipinski definition) is 4. The molecule has 0 unspecified atom stereocenters. The Morgan fingerprint density at radius 1 is 1.00 bits per heavy atom. The van der Waals surface area contributed by atoms with E-state index in [0.717, 1.165) is 0 Å². The summed E-state index contributed by atoms with van der Waals surface area (Å²) in [6.07, 6.45) is 0. The van der Waals surface area contributed by atoms with Gasteiger partial charge in [-0.1, -0.05) is 6.07 Å². The maximum absolute atomic E-state index is 8.81. The topological polar surface area (TPSA) is 73.6 Å². The first-order chi connectivity index (χ1) is 5.81. The summed E-state index contributed by atoms with van der Waals surface area (Å²) in [7, 11) is 0. The molecule has 1 aromatic rings. The summed E-state index contributed by atoms with van der Waals surface area (Å²) in [6, 6.07) is 3.26. The number of aliphatic hydroxyl groups is 3. The standard InChI is InChI=1S/C8H11NO3/c10-3-6-1-2-7(4-11)9-8(6)5-12/h1-2,10-12H,3-5H2. The van der Waals surface area contributed by atoms with Crippen LogP contribution < -0.4 is 0 Å². The summed E-state index contributed by atoms with van der Waals surface area (Å²) in [4.78, 5) is 3.92. The van der Waals surface area contributed by atoms with Crippen molar-refractivity contribution in [1.82, 2.24) is 4.98 Å². The Morgan fingerprint density at radius 3 is 2.25 bits per heavy atom. The summed E-state index contributed by atoms with van der Waals surface area (Å²) in [5.41, 5.74) is 1.51. The second kappa shape index (κ2) is 4.15. The van der Waals surface area contributed by atoms with E-state index in [1.165, 1.54) is 0 Å². The van der Waals surface area contributed by atoms with Crippen molar-refractivity contribution in [2.75, 3.05) is 0 Å². The highest BCUT2D eigenvalue weighted by Crippen LogP contribution is 2.07. The smallest absolute Gasteiger partial charge is 0.0856 e. The second-order valence-corrected chi connectivity index (χ2v) is 2.38. The molecule has 0 saturated heterocycles. The van der Waals surface area contributed by atoms with Crippen LogP contribution in [0.1, 0.15) is 17.0 Å². The molecule has 1 rings (SSSR count). The van der Waals surface area contributed by atoms with Crippen molar-refractivity contribution in [2.24, 2.45) is 0 Å². The molecule has 0 radical (unpaired) electrons. The van der Waals surface area contributed by atoms with Gasteiger partial charge in [0.25, 0.3) is 0 Å². The van der Waals surface area contributed by atoms with Gasteiger partial charge in [-0.15, -0.1) is 0 Å². The maximum Gasteiger partial charge on any atom is 0.0856 e. The first kappa shape index (κ1) is 9.12. The molecule has 0 saturated carbocycles. The third-order valence-corrected chi connectivity index (χ3v) is 1.61. The van der Waals surface area contributed by atoms with E-state index in [2.05, 4.69) is 4.98 Å². The molecule has 0 aliphatic rings. The average molecular weight is 169 g/mol. The SMILES string of the molecule is OCc1ccc(CO)c(CO)n1. The van der Waals surface area contributed by atoms with Crippen LogP contribution in [-0.4, -0.2) is 20.3 Å². The molecule has 66 valence electrons. The molecule has 0 bridgehead atoms. The van der Waals surface area contributed by atoms with Crippen molar-refractivity contribution in [3.8, 4) is 0 Å². The first-order valence-corrected chi connectivity index (χ1v) is 3.62. The molecular formula is C8H11NO3. The molecule has 3 N–H and O–H groups in total. The van der Waals surface area contributed by atoms with Gasteiger partial charge in [0.05, 0.1) is 31.2 Å². The van der Waals surface area contributed by atoms with Crippen molar-refractivity contribution in [1.29, 1.82) is 0 Å². The molecule has 0 aromatic carbocycles. The zero-order valence-corrected chi connectivity index (χ0v) is 6.56. The van der Waals surface area contributed by atoms with Gasteiger partial charge in [0, 0.05) is 5.56 Å². The summed E-state index contributed by atoms with van der Waals surface area (Å²) in [5, 5.41) is 26.3. The fourth-order valence-electron chi connectivity index (χ4n) is 0.944. The third-order valence-electron chi connectivity index (χ3n) is 1.61. The summed E-state index contributed by atoms with van der Waals surface area (Å²) in [5.74, 6) is 0. The normalized spacial score (nSPS) is 10.2. The Balaban J connectivity index is 3.02. The third kappa shape index (κ3) is 1.79. The highest BCUT2D eigenvalue weighted by molar-refractivity contribution is 5.21. The molecule has 1 heterocycles. The lowest BCUT2D eigenvalue weighted by atomic mass is 10.2. The number of rotatable bonds is 3. The Bertz CT molecular complexity index is 262. The summed E-state index contributed by atoms with van der Waals surface area (Å²) >= 11 is 0. The molecule has 4 nitrogen and oxygen atoms in total. The minimum absolute atomic E-state index is 0.144. The molecule has 0 amide bonds. The predicted octanol–water partition coefficient (Wildman–Crippen LogP) is -0.442. The van der Waals surface area contributed by atoms with E-state index in [9.17, 15) is 0 Å². The molecule has 0 spiro atoms. The number of nitrogens with zero attached hydrogens (tertiary/aromatic N) is 1. The fraction of sp³-hybridized carbons (Fsp3) is 0.375. The molecule has 0 fully saturated rings. The van der Waals surface area contributed by atoms with Crippen molar-refractivity contribution in [3.63, 3.8) is 0 Å². The number of hydrogen-bond donors (Lipinski definition) is 3. The average Bonchev–Trinajstić information content (AvgIpc) is 2.16. The molecule has 0 atom stereocenters. The number of pyridine rings is 1.